The van der Waals surface area contributed by atoms with Gasteiger partial charge >= 0.3 is 0 Å². The van der Waals surface area contributed by atoms with Crippen LogP contribution in [0.4, 0.5) is 5.69 Å². The van der Waals surface area contributed by atoms with Gasteiger partial charge in [0.1, 0.15) is 5.56 Å². The number of hydrogen-bond acceptors (Lipinski definition) is 4. The van der Waals surface area contributed by atoms with Gasteiger partial charge in [0, 0.05) is 12.6 Å². The number of amides is 1. The van der Waals surface area contributed by atoms with Gasteiger partial charge in [0.25, 0.3) is 11.6 Å². The van der Waals surface area contributed by atoms with Gasteiger partial charge in [-0.15, -0.1) is 0 Å². The molecule has 0 bridgehead atoms. The highest BCUT2D eigenvalue weighted by Gasteiger charge is 2.24. The number of aryl methyl sites for hydroxylation is 1. The number of nitro groups is 1. The topological polar surface area (TPSA) is 92.5 Å². The lowest BCUT2D eigenvalue weighted by Gasteiger charge is -2.21. The van der Waals surface area contributed by atoms with E-state index in [0.717, 1.165) is 0 Å². The minimum absolute atomic E-state index is 0.0411. The Morgan fingerprint density at radius 1 is 1.53 bits per heavy atom. The quantitative estimate of drug-likeness (QED) is 0.627. The zero-order valence-electron chi connectivity index (χ0n) is 11.3. The molecule has 0 spiro atoms. The second-order valence-corrected chi connectivity index (χ2v) is 4.76. The number of benzene rings is 1. The average Bonchev–Trinajstić information content (AvgIpc) is 2.35. The Bertz CT molecular complexity index is 497. The molecule has 0 fully saturated rings. The summed E-state index contributed by atoms with van der Waals surface area (Å²) in [5, 5.41) is 23.3. The number of carbonyl (C=O) groups excluding carboxylic acids is 1. The van der Waals surface area contributed by atoms with Crippen LogP contribution in [0.5, 0.6) is 0 Å². The molecule has 0 radical (unpaired) electrons. The molecule has 1 aromatic carbocycles. The predicted octanol–water partition coefficient (Wildman–Crippen LogP) is 1.79. The summed E-state index contributed by atoms with van der Waals surface area (Å²) in [7, 11) is 0. The second kappa shape index (κ2) is 5.79. The van der Waals surface area contributed by atoms with Crippen molar-refractivity contribution in [2.75, 3.05) is 6.54 Å². The summed E-state index contributed by atoms with van der Waals surface area (Å²) in [5.74, 6) is -0.543. The van der Waals surface area contributed by atoms with Crippen LogP contribution in [0.25, 0.3) is 0 Å². The molecule has 0 aromatic heterocycles. The van der Waals surface area contributed by atoms with Crippen molar-refractivity contribution in [3.8, 4) is 0 Å². The molecule has 1 atom stereocenters. The Kier molecular flexibility index (Phi) is 4.61. The lowest BCUT2D eigenvalue weighted by Crippen LogP contribution is -2.40. The number of nitro benzene ring substituents is 1. The summed E-state index contributed by atoms with van der Waals surface area (Å²) in [6, 6.07) is 4.46. The van der Waals surface area contributed by atoms with E-state index in [0.29, 0.717) is 12.0 Å². The summed E-state index contributed by atoms with van der Waals surface area (Å²) in [5.41, 5.74) is -0.677. The van der Waals surface area contributed by atoms with E-state index in [9.17, 15) is 20.0 Å². The van der Waals surface area contributed by atoms with Gasteiger partial charge in [-0.25, -0.2) is 0 Å². The highest BCUT2D eigenvalue weighted by atomic mass is 16.6. The first-order valence-corrected chi connectivity index (χ1v) is 6.03. The predicted molar refractivity (Wildman–Crippen MR) is 71.1 cm³/mol. The normalized spacial score (nSPS) is 13.7. The fourth-order valence-electron chi connectivity index (χ4n) is 1.58. The molecule has 0 saturated carbocycles. The van der Waals surface area contributed by atoms with E-state index in [1.165, 1.54) is 12.1 Å². The van der Waals surface area contributed by atoms with Crippen LogP contribution < -0.4 is 5.32 Å². The van der Waals surface area contributed by atoms with Gasteiger partial charge in [0.05, 0.1) is 10.5 Å². The van der Waals surface area contributed by atoms with Gasteiger partial charge in [-0.1, -0.05) is 19.1 Å². The van der Waals surface area contributed by atoms with Crippen molar-refractivity contribution in [1.82, 2.24) is 5.32 Å². The Morgan fingerprint density at radius 3 is 2.68 bits per heavy atom. The van der Waals surface area contributed by atoms with Crippen molar-refractivity contribution >= 4 is 11.6 Å². The molecule has 2 N–H and O–H groups in total. The molecule has 6 nitrogen and oxygen atoms in total. The molecule has 0 aliphatic rings. The lowest BCUT2D eigenvalue weighted by molar-refractivity contribution is -0.385. The zero-order valence-corrected chi connectivity index (χ0v) is 11.3. The van der Waals surface area contributed by atoms with Crippen molar-refractivity contribution in [2.24, 2.45) is 0 Å². The zero-order chi connectivity index (χ0) is 14.6. The first kappa shape index (κ1) is 15.1. The maximum absolute atomic E-state index is 12.0. The maximum atomic E-state index is 12.0. The highest BCUT2D eigenvalue weighted by Crippen LogP contribution is 2.21. The molecule has 6 heteroatoms. The molecule has 0 saturated heterocycles. The van der Waals surface area contributed by atoms with E-state index in [4.69, 9.17) is 0 Å². The van der Waals surface area contributed by atoms with E-state index in [1.54, 1.807) is 26.8 Å². The number of nitrogens with zero attached hydrogens (tertiary/aromatic N) is 1. The van der Waals surface area contributed by atoms with Gasteiger partial charge in [-0.2, -0.15) is 0 Å². The first-order valence-electron chi connectivity index (χ1n) is 6.03. The summed E-state index contributed by atoms with van der Waals surface area (Å²) in [6.45, 7) is 5.08. The van der Waals surface area contributed by atoms with Gasteiger partial charge in [0.2, 0.25) is 0 Å². The molecule has 1 unspecified atom stereocenters. The van der Waals surface area contributed by atoms with E-state index in [2.05, 4.69) is 5.32 Å². The number of rotatable bonds is 5. The van der Waals surface area contributed by atoms with Crippen LogP contribution in [0.1, 0.15) is 36.2 Å². The third-order valence-electron chi connectivity index (χ3n) is 3.07. The minimum Gasteiger partial charge on any atom is -0.388 e. The summed E-state index contributed by atoms with van der Waals surface area (Å²) in [6.07, 6.45) is 0.475. The molecule has 0 heterocycles. The third kappa shape index (κ3) is 3.75. The smallest absolute Gasteiger partial charge is 0.282 e. The van der Waals surface area contributed by atoms with Gasteiger partial charge < -0.3 is 10.4 Å². The maximum Gasteiger partial charge on any atom is 0.282 e. The number of nitrogens with one attached hydrogen (secondary N) is 1. The fraction of sp³-hybridized carbons (Fsp3) is 0.462. The largest absolute Gasteiger partial charge is 0.388 e. The molecule has 1 aromatic rings. The van der Waals surface area contributed by atoms with E-state index in [-0.39, 0.29) is 17.8 Å². The van der Waals surface area contributed by atoms with E-state index < -0.39 is 16.4 Å². The van der Waals surface area contributed by atoms with Gasteiger partial charge in [0.15, 0.2) is 0 Å². The Hall–Kier alpha value is -1.95. The number of carbonyl (C=O) groups is 1. The van der Waals surface area contributed by atoms with Crippen LogP contribution in [0.15, 0.2) is 18.2 Å². The number of aliphatic hydroxyl groups is 1. The number of hydrogen-bond donors (Lipinski definition) is 2. The van der Waals surface area contributed by atoms with Crippen LogP contribution in [-0.2, 0) is 0 Å². The Labute approximate surface area is 111 Å². The molecule has 104 valence electrons. The molecule has 0 aliphatic heterocycles. The third-order valence-corrected chi connectivity index (χ3v) is 3.07. The monoisotopic (exact) mass is 266 g/mol. The fourth-order valence-corrected chi connectivity index (χ4v) is 1.58. The van der Waals surface area contributed by atoms with Crippen LogP contribution in [0, 0.1) is 17.0 Å². The molecule has 1 rings (SSSR count). The van der Waals surface area contributed by atoms with Crippen LogP contribution in [0.2, 0.25) is 0 Å². The Balaban J connectivity index is 2.97. The summed E-state index contributed by atoms with van der Waals surface area (Å²) < 4.78 is 0. The van der Waals surface area contributed by atoms with Gasteiger partial charge in [-0.05, 0) is 25.8 Å². The van der Waals surface area contributed by atoms with Crippen LogP contribution >= 0.6 is 0 Å². The average molecular weight is 266 g/mol. The minimum atomic E-state index is -1.02. The standard InChI is InChI=1S/C13H18N2O4/c1-4-13(3,17)8-14-12(16)11-9(2)6-5-7-10(11)15(18)19/h5-7,17H,4,8H2,1-3H3,(H,14,16). The SMILES string of the molecule is CCC(C)(O)CNC(=O)c1c(C)cccc1[N+](=O)[O-]. The lowest BCUT2D eigenvalue weighted by atomic mass is 10.0. The summed E-state index contributed by atoms with van der Waals surface area (Å²) in [4.78, 5) is 22.4. The molecular formula is C13H18N2O4. The molecule has 1 amide bonds. The van der Waals surface area contributed by atoms with Gasteiger partial charge in [-0.3, -0.25) is 14.9 Å². The van der Waals surface area contributed by atoms with Crippen molar-refractivity contribution in [1.29, 1.82) is 0 Å². The van der Waals surface area contributed by atoms with Crippen molar-refractivity contribution in [2.45, 2.75) is 32.8 Å². The highest BCUT2D eigenvalue weighted by molar-refractivity contribution is 5.99. The van der Waals surface area contributed by atoms with E-state index in [1.807, 2.05) is 0 Å². The van der Waals surface area contributed by atoms with Crippen molar-refractivity contribution < 1.29 is 14.8 Å². The second-order valence-electron chi connectivity index (χ2n) is 4.76. The van der Waals surface area contributed by atoms with Crippen LogP contribution in [0.3, 0.4) is 0 Å². The molecule has 0 aliphatic carbocycles. The van der Waals surface area contributed by atoms with Crippen molar-refractivity contribution in [3.63, 3.8) is 0 Å². The van der Waals surface area contributed by atoms with Crippen molar-refractivity contribution in [3.05, 3.63) is 39.4 Å². The van der Waals surface area contributed by atoms with E-state index >= 15 is 0 Å². The van der Waals surface area contributed by atoms with Crippen LogP contribution in [-0.4, -0.2) is 28.1 Å². The summed E-state index contributed by atoms with van der Waals surface area (Å²) >= 11 is 0. The first-order chi connectivity index (χ1) is 8.78. The Morgan fingerprint density at radius 2 is 2.16 bits per heavy atom. The molecular weight excluding hydrogens is 248 g/mol. The molecule has 19 heavy (non-hydrogen) atoms.